The van der Waals surface area contributed by atoms with Gasteiger partial charge < -0.3 is 5.32 Å². The van der Waals surface area contributed by atoms with Crippen LogP contribution in [0.3, 0.4) is 0 Å². The minimum absolute atomic E-state index is 0.642. The lowest BCUT2D eigenvalue weighted by atomic mass is 9.92. The molecular weight excluding hydrogens is 178 g/mol. The molecule has 0 amide bonds. The second kappa shape index (κ2) is 3.43. The van der Waals surface area contributed by atoms with Crippen LogP contribution in [0.2, 0.25) is 0 Å². The summed E-state index contributed by atoms with van der Waals surface area (Å²) < 4.78 is 0. The van der Waals surface area contributed by atoms with Gasteiger partial charge >= 0.3 is 0 Å². The average Bonchev–Trinajstić information content (AvgIpc) is 2.58. The van der Waals surface area contributed by atoms with Crippen LogP contribution in [0.5, 0.6) is 0 Å². The van der Waals surface area contributed by atoms with Gasteiger partial charge in [-0.05, 0) is 44.2 Å². The molecule has 1 aromatic heterocycles. The van der Waals surface area contributed by atoms with Crippen LogP contribution in [0.25, 0.3) is 0 Å². The van der Waals surface area contributed by atoms with Gasteiger partial charge in [-0.2, -0.15) is 0 Å². The van der Waals surface area contributed by atoms with Crippen LogP contribution in [0, 0.1) is 6.92 Å². The molecule has 72 valence electrons. The maximum Gasteiger partial charge on any atom is 0.0111 e. The van der Waals surface area contributed by atoms with Gasteiger partial charge in [0.1, 0.15) is 0 Å². The van der Waals surface area contributed by atoms with Crippen molar-refractivity contribution in [2.75, 3.05) is 0 Å². The van der Waals surface area contributed by atoms with E-state index < -0.39 is 0 Å². The van der Waals surface area contributed by atoms with Crippen LogP contribution in [-0.2, 0) is 0 Å². The molecule has 2 heteroatoms. The number of hydrogen-bond acceptors (Lipinski definition) is 2. The normalized spacial score (nSPS) is 33.9. The first-order chi connectivity index (χ1) is 6.18. The summed E-state index contributed by atoms with van der Waals surface area (Å²) in [6, 6.07) is 3.61. The van der Waals surface area contributed by atoms with Crippen LogP contribution >= 0.6 is 11.3 Å². The molecule has 0 aliphatic carbocycles. The Morgan fingerprint density at radius 1 is 1.46 bits per heavy atom. The van der Waals surface area contributed by atoms with Gasteiger partial charge in [0.05, 0.1) is 0 Å². The Kier molecular flexibility index (Phi) is 2.43. The Balaban J connectivity index is 2.22. The molecule has 3 atom stereocenters. The highest BCUT2D eigenvalue weighted by atomic mass is 32.1. The molecule has 0 saturated carbocycles. The molecule has 13 heavy (non-hydrogen) atoms. The number of thiophene rings is 1. The minimum atomic E-state index is 0.642. The van der Waals surface area contributed by atoms with E-state index in [0.717, 1.165) is 5.92 Å². The van der Waals surface area contributed by atoms with Crippen molar-refractivity contribution >= 4 is 11.3 Å². The second-order valence-corrected chi connectivity index (χ2v) is 5.25. The zero-order chi connectivity index (χ0) is 9.42. The predicted octanol–water partition coefficient (Wildman–Crippen LogP) is 2.91. The van der Waals surface area contributed by atoms with Crippen LogP contribution in [0.15, 0.2) is 11.4 Å². The molecule has 0 bridgehead atoms. The topological polar surface area (TPSA) is 12.0 Å². The molecule has 0 spiro atoms. The fraction of sp³-hybridized carbons (Fsp3) is 0.636. The smallest absolute Gasteiger partial charge is 0.0111 e. The Morgan fingerprint density at radius 2 is 2.23 bits per heavy atom. The zero-order valence-corrected chi connectivity index (χ0v) is 9.32. The molecule has 0 radical (unpaired) electrons. The molecule has 1 fully saturated rings. The molecule has 1 aliphatic heterocycles. The van der Waals surface area contributed by atoms with E-state index in [9.17, 15) is 0 Å². The summed E-state index contributed by atoms with van der Waals surface area (Å²) in [6.07, 6.45) is 1.29. The second-order valence-electron chi connectivity index (χ2n) is 4.13. The van der Waals surface area contributed by atoms with Gasteiger partial charge in [0.2, 0.25) is 0 Å². The van der Waals surface area contributed by atoms with E-state index in [4.69, 9.17) is 0 Å². The molecule has 1 aromatic rings. The summed E-state index contributed by atoms with van der Waals surface area (Å²) in [5, 5.41) is 5.80. The lowest BCUT2D eigenvalue weighted by Crippen LogP contribution is -2.26. The van der Waals surface area contributed by atoms with Crippen molar-refractivity contribution < 1.29 is 0 Å². The fourth-order valence-electron chi connectivity index (χ4n) is 2.39. The van der Waals surface area contributed by atoms with Gasteiger partial charge in [-0.1, -0.05) is 0 Å². The number of rotatable bonds is 1. The van der Waals surface area contributed by atoms with E-state index in [1.807, 2.05) is 11.3 Å². The maximum atomic E-state index is 3.59. The predicted molar refractivity (Wildman–Crippen MR) is 58.5 cm³/mol. The minimum Gasteiger partial charge on any atom is -0.311 e. The van der Waals surface area contributed by atoms with E-state index in [2.05, 4.69) is 37.5 Å². The van der Waals surface area contributed by atoms with Crippen molar-refractivity contribution in [1.29, 1.82) is 0 Å². The van der Waals surface area contributed by atoms with Gasteiger partial charge in [-0.3, -0.25) is 0 Å². The van der Waals surface area contributed by atoms with Gasteiger partial charge in [0.15, 0.2) is 0 Å². The highest BCUT2D eigenvalue weighted by Crippen LogP contribution is 2.34. The molecule has 1 saturated heterocycles. The third kappa shape index (κ3) is 1.65. The summed E-state index contributed by atoms with van der Waals surface area (Å²) in [5.41, 5.74) is 1.56. The van der Waals surface area contributed by atoms with Crippen molar-refractivity contribution in [2.24, 2.45) is 0 Å². The van der Waals surface area contributed by atoms with Crippen molar-refractivity contribution in [3.63, 3.8) is 0 Å². The summed E-state index contributed by atoms with van der Waals surface area (Å²) in [7, 11) is 0. The summed E-state index contributed by atoms with van der Waals surface area (Å²) >= 11 is 1.87. The average molecular weight is 195 g/mol. The lowest BCUT2D eigenvalue weighted by molar-refractivity contribution is 0.574. The van der Waals surface area contributed by atoms with Gasteiger partial charge in [-0.15, -0.1) is 11.3 Å². The zero-order valence-electron chi connectivity index (χ0n) is 8.50. The van der Waals surface area contributed by atoms with E-state index in [1.165, 1.54) is 11.3 Å². The Bertz CT molecular complexity index is 292. The Morgan fingerprint density at radius 3 is 2.69 bits per heavy atom. The Hall–Kier alpha value is -0.340. The van der Waals surface area contributed by atoms with E-state index in [1.54, 1.807) is 5.56 Å². The summed E-state index contributed by atoms with van der Waals surface area (Å²) in [5.74, 6) is 0.737. The largest absolute Gasteiger partial charge is 0.311 e. The third-order valence-electron chi connectivity index (χ3n) is 3.06. The lowest BCUT2D eigenvalue weighted by Gasteiger charge is -2.14. The highest BCUT2D eigenvalue weighted by molar-refractivity contribution is 7.10. The fourth-order valence-corrected chi connectivity index (χ4v) is 3.17. The molecule has 1 N–H and O–H groups in total. The van der Waals surface area contributed by atoms with Gasteiger partial charge in [0.25, 0.3) is 0 Å². The first kappa shape index (κ1) is 9.22. The molecule has 0 aromatic carbocycles. The van der Waals surface area contributed by atoms with Crippen molar-refractivity contribution in [3.8, 4) is 0 Å². The molecular formula is C11H17NS. The molecule has 2 heterocycles. The number of hydrogen-bond donors (Lipinski definition) is 1. The third-order valence-corrected chi connectivity index (χ3v) is 3.92. The van der Waals surface area contributed by atoms with Crippen LogP contribution in [0.4, 0.5) is 0 Å². The first-order valence-electron chi connectivity index (χ1n) is 4.98. The maximum absolute atomic E-state index is 3.59. The van der Waals surface area contributed by atoms with E-state index >= 15 is 0 Å². The monoisotopic (exact) mass is 195 g/mol. The van der Waals surface area contributed by atoms with Gasteiger partial charge in [-0.25, -0.2) is 0 Å². The van der Waals surface area contributed by atoms with Crippen LogP contribution in [0.1, 0.15) is 36.6 Å². The van der Waals surface area contributed by atoms with Crippen LogP contribution in [-0.4, -0.2) is 12.1 Å². The molecule has 1 nitrogen and oxygen atoms in total. The summed E-state index contributed by atoms with van der Waals surface area (Å²) in [6.45, 7) is 6.80. The van der Waals surface area contributed by atoms with Crippen LogP contribution < -0.4 is 5.32 Å². The quantitative estimate of drug-likeness (QED) is 0.726. The van der Waals surface area contributed by atoms with E-state index in [0.29, 0.717) is 12.1 Å². The Labute approximate surface area is 84.2 Å². The van der Waals surface area contributed by atoms with Gasteiger partial charge in [0, 0.05) is 22.9 Å². The van der Waals surface area contributed by atoms with E-state index in [-0.39, 0.29) is 0 Å². The number of nitrogens with one attached hydrogen (secondary N) is 1. The van der Waals surface area contributed by atoms with Crippen molar-refractivity contribution in [3.05, 3.63) is 21.9 Å². The molecule has 1 aliphatic rings. The molecule has 3 unspecified atom stereocenters. The molecule has 2 rings (SSSR count). The highest BCUT2D eigenvalue weighted by Gasteiger charge is 2.30. The SMILES string of the molecule is Cc1sccc1C1CC(C)NC1C. The first-order valence-corrected chi connectivity index (χ1v) is 5.86. The standard InChI is InChI=1S/C11H17NS/c1-7-6-11(8(2)12-7)10-4-5-13-9(10)3/h4-5,7-8,11-12H,6H2,1-3H3. The van der Waals surface area contributed by atoms with Crippen molar-refractivity contribution in [1.82, 2.24) is 5.32 Å². The summed E-state index contributed by atoms with van der Waals surface area (Å²) in [4.78, 5) is 1.49. The number of aryl methyl sites for hydroxylation is 1. The van der Waals surface area contributed by atoms with Crippen molar-refractivity contribution in [2.45, 2.75) is 45.2 Å².